The summed E-state index contributed by atoms with van der Waals surface area (Å²) in [6.07, 6.45) is -0.764. The van der Waals surface area contributed by atoms with Crippen molar-refractivity contribution in [3.63, 3.8) is 0 Å². The maximum absolute atomic E-state index is 11.7. The van der Waals surface area contributed by atoms with E-state index >= 15 is 0 Å². The Morgan fingerprint density at radius 3 is 2.94 bits per heavy atom. The van der Waals surface area contributed by atoms with Crippen LogP contribution in [0.5, 0.6) is 0 Å². The normalized spacial score (nSPS) is 41.2. The van der Waals surface area contributed by atoms with E-state index in [1.165, 1.54) is 12.3 Å². The minimum Gasteiger partial charge on any atom is -0.387 e. The second kappa shape index (κ2) is 3.08. The number of ether oxygens (including phenoxy) is 1. The number of fused-ring (bicyclic) bond motifs is 1. The Kier molecular flexibility index (Phi) is 1.91. The summed E-state index contributed by atoms with van der Waals surface area (Å²) in [4.78, 5) is 15.2. The van der Waals surface area contributed by atoms with Crippen molar-refractivity contribution in [2.24, 2.45) is 0 Å². The van der Waals surface area contributed by atoms with Crippen LogP contribution >= 0.6 is 0 Å². The van der Waals surface area contributed by atoms with Crippen molar-refractivity contribution in [1.82, 2.24) is 9.55 Å². The van der Waals surface area contributed by atoms with E-state index in [-0.39, 0.29) is 12.2 Å². The first kappa shape index (κ1) is 11.2. The molecule has 8 nitrogen and oxygen atoms in total. The number of nitrogens with two attached hydrogens (primary N) is 1. The van der Waals surface area contributed by atoms with Crippen LogP contribution in [-0.4, -0.2) is 37.6 Å². The molecule has 0 amide bonds. The molecule has 1 unspecified atom stereocenters. The molecule has 0 bridgehead atoms. The van der Waals surface area contributed by atoms with Crippen molar-refractivity contribution in [1.29, 1.82) is 5.26 Å². The van der Waals surface area contributed by atoms with Gasteiger partial charge in [-0.1, -0.05) is 0 Å². The molecule has 1 saturated heterocycles. The fraction of sp³-hybridized carbons (Fsp3) is 0.500. The monoisotopic (exact) mass is 250 g/mol. The van der Waals surface area contributed by atoms with E-state index in [2.05, 4.69) is 4.98 Å². The molecular weight excluding hydrogens is 240 g/mol. The van der Waals surface area contributed by atoms with E-state index in [9.17, 15) is 20.3 Å². The average Bonchev–Trinajstić information content (AvgIpc) is 2.70. The minimum absolute atomic E-state index is 0.0336. The van der Waals surface area contributed by atoms with Crippen molar-refractivity contribution >= 4 is 5.82 Å². The first-order valence-corrected chi connectivity index (χ1v) is 5.28. The molecule has 2 aliphatic rings. The molecule has 8 heteroatoms. The molecule has 1 aromatic rings. The summed E-state index contributed by atoms with van der Waals surface area (Å²) >= 11 is 0. The predicted molar refractivity (Wildman–Crippen MR) is 56.9 cm³/mol. The van der Waals surface area contributed by atoms with Crippen LogP contribution in [-0.2, 0) is 10.5 Å². The number of hydrogen-bond acceptors (Lipinski definition) is 7. The van der Waals surface area contributed by atoms with Crippen LogP contribution in [0.3, 0.4) is 0 Å². The molecule has 4 N–H and O–H groups in total. The molecule has 1 saturated carbocycles. The van der Waals surface area contributed by atoms with Crippen LogP contribution in [0.25, 0.3) is 0 Å². The highest BCUT2D eigenvalue weighted by molar-refractivity contribution is 5.28. The molecule has 0 radical (unpaired) electrons. The molecule has 0 aromatic carbocycles. The van der Waals surface area contributed by atoms with Crippen LogP contribution in [0.2, 0.25) is 0 Å². The fourth-order valence-corrected chi connectivity index (χ4v) is 2.33. The van der Waals surface area contributed by atoms with E-state index in [4.69, 9.17) is 10.5 Å². The molecule has 1 aliphatic heterocycles. The zero-order valence-electron chi connectivity index (χ0n) is 9.15. The molecule has 2 fully saturated rings. The van der Waals surface area contributed by atoms with Crippen LogP contribution in [0, 0.1) is 11.3 Å². The summed E-state index contributed by atoms with van der Waals surface area (Å²) in [6.45, 7) is 0. The van der Waals surface area contributed by atoms with Crippen molar-refractivity contribution in [2.45, 2.75) is 30.0 Å². The number of rotatable bonds is 1. The minimum atomic E-state index is -1.64. The summed E-state index contributed by atoms with van der Waals surface area (Å²) in [5.74, 6) is 0.0336. The lowest BCUT2D eigenvalue weighted by Crippen LogP contribution is -2.43. The van der Waals surface area contributed by atoms with Gasteiger partial charge in [0.2, 0.25) is 5.72 Å². The Bertz CT molecular complexity index is 623. The standard InChI is InChI=1S/C10H10N4O4/c11-4-9(3-10(17)6(15)7(10)18-9)14-2-1-5(12)13-8(14)16/h1-2,6-7,15,17H,3H2,(H2,12,13,16)/t6?,7-,9+,10+/m1/s1. The van der Waals surface area contributed by atoms with Gasteiger partial charge in [0.05, 0.1) is 0 Å². The number of aliphatic hydroxyl groups is 2. The van der Waals surface area contributed by atoms with Gasteiger partial charge in [0.25, 0.3) is 0 Å². The summed E-state index contributed by atoms with van der Waals surface area (Å²) in [7, 11) is 0. The molecule has 1 aromatic heterocycles. The number of hydrogen-bond donors (Lipinski definition) is 3. The Labute approximate surface area is 101 Å². The van der Waals surface area contributed by atoms with E-state index in [1.54, 1.807) is 0 Å². The molecule has 1 aliphatic carbocycles. The second-order valence-electron chi connectivity index (χ2n) is 4.55. The summed E-state index contributed by atoms with van der Waals surface area (Å²) in [5, 5.41) is 28.5. The van der Waals surface area contributed by atoms with Crippen LogP contribution in [0.4, 0.5) is 5.82 Å². The number of anilines is 1. The van der Waals surface area contributed by atoms with Crippen LogP contribution in [0.15, 0.2) is 17.1 Å². The maximum Gasteiger partial charge on any atom is 0.352 e. The zero-order chi connectivity index (χ0) is 13.1. The molecule has 2 heterocycles. The summed E-state index contributed by atoms with van der Waals surface area (Å²) in [6, 6.07) is 3.20. The van der Waals surface area contributed by atoms with E-state index < -0.39 is 29.2 Å². The number of aromatic nitrogens is 2. The maximum atomic E-state index is 11.7. The number of nitrogens with zero attached hydrogens (tertiary/aromatic N) is 3. The van der Waals surface area contributed by atoms with Gasteiger partial charge >= 0.3 is 5.69 Å². The van der Waals surface area contributed by atoms with Gasteiger partial charge in [-0.2, -0.15) is 10.2 Å². The topological polar surface area (TPSA) is 134 Å². The lowest BCUT2D eigenvalue weighted by Gasteiger charge is -2.25. The van der Waals surface area contributed by atoms with Gasteiger partial charge in [-0.25, -0.2) is 4.79 Å². The molecule has 4 atom stereocenters. The molecule has 3 rings (SSSR count). The number of nitriles is 1. The SMILES string of the molecule is N#C[C@]1(n2ccc(N)nc2=O)C[C@]2(O)C(O)[C@H]2O1. The van der Waals surface area contributed by atoms with Gasteiger partial charge in [-0.15, -0.1) is 0 Å². The predicted octanol–water partition coefficient (Wildman–Crippen LogP) is -2.10. The third-order valence-electron chi connectivity index (χ3n) is 3.42. The zero-order valence-corrected chi connectivity index (χ0v) is 9.15. The van der Waals surface area contributed by atoms with E-state index in [0.717, 1.165) is 4.57 Å². The van der Waals surface area contributed by atoms with E-state index in [0.29, 0.717) is 0 Å². The van der Waals surface area contributed by atoms with E-state index in [1.807, 2.05) is 6.07 Å². The number of aliphatic hydroxyl groups excluding tert-OH is 1. The molecular formula is C10H10N4O4. The highest BCUT2D eigenvalue weighted by atomic mass is 16.6. The van der Waals surface area contributed by atoms with Gasteiger partial charge in [0, 0.05) is 12.6 Å². The van der Waals surface area contributed by atoms with Crippen molar-refractivity contribution in [3.05, 3.63) is 22.7 Å². The van der Waals surface area contributed by atoms with Gasteiger partial charge in [0.1, 0.15) is 29.7 Å². The van der Waals surface area contributed by atoms with Crippen molar-refractivity contribution in [3.8, 4) is 6.07 Å². The highest BCUT2D eigenvalue weighted by Crippen LogP contribution is 2.55. The van der Waals surface area contributed by atoms with Crippen molar-refractivity contribution < 1.29 is 14.9 Å². The summed E-state index contributed by atoms with van der Waals surface area (Å²) in [5.41, 5.74) is 1.51. The van der Waals surface area contributed by atoms with Crippen LogP contribution < -0.4 is 11.4 Å². The quantitative estimate of drug-likeness (QED) is 0.519. The molecule has 0 spiro atoms. The average molecular weight is 250 g/mol. The van der Waals surface area contributed by atoms with Gasteiger partial charge < -0.3 is 20.7 Å². The Balaban J connectivity index is 2.06. The fourth-order valence-electron chi connectivity index (χ4n) is 2.33. The Morgan fingerprint density at radius 1 is 1.72 bits per heavy atom. The smallest absolute Gasteiger partial charge is 0.352 e. The number of nitrogen functional groups attached to an aromatic ring is 1. The van der Waals surface area contributed by atoms with Gasteiger partial charge in [0.15, 0.2) is 0 Å². The van der Waals surface area contributed by atoms with Crippen molar-refractivity contribution in [2.75, 3.05) is 5.73 Å². The lowest BCUT2D eigenvalue weighted by molar-refractivity contribution is -0.0713. The third kappa shape index (κ3) is 1.18. The first-order chi connectivity index (χ1) is 8.43. The highest BCUT2D eigenvalue weighted by Gasteiger charge is 2.76. The van der Waals surface area contributed by atoms with Crippen LogP contribution in [0.1, 0.15) is 6.42 Å². The third-order valence-corrected chi connectivity index (χ3v) is 3.42. The largest absolute Gasteiger partial charge is 0.387 e. The second-order valence-corrected chi connectivity index (χ2v) is 4.55. The Morgan fingerprint density at radius 2 is 2.44 bits per heavy atom. The Hall–Kier alpha value is -1.95. The van der Waals surface area contributed by atoms with Gasteiger partial charge in [-0.3, -0.25) is 4.57 Å². The first-order valence-electron chi connectivity index (χ1n) is 5.28. The summed E-state index contributed by atoms with van der Waals surface area (Å²) < 4.78 is 6.29. The lowest BCUT2D eigenvalue weighted by atomic mass is 10.1. The molecule has 18 heavy (non-hydrogen) atoms. The van der Waals surface area contributed by atoms with Gasteiger partial charge in [-0.05, 0) is 6.07 Å². The molecule has 94 valence electrons.